The third-order valence-corrected chi connectivity index (χ3v) is 5.15. The Bertz CT molecular complexity index is 1070. The zero-order chi connectivity index (χ0) is 21.3. The van der Waals surface area contributed by atoms with E-state index < -0.39 is 0 Å². The fourth-order valence-electron chi connectivity index (χ4n) is 3.38. The van der Waals surface area contributed by atoms with Crippen molar-refractivity contribution in [3.05, 3.63) is 58.3 Å². The molecule has 1 amide bonds. The maximum Gasteiger partial charge on any atom is 0.264 e. The fourth-order valence-corrected chi connectivity index (χ4v) is 3.38. The van der Waals surface area contributed by atoms with Crippen LogP contribution < -0.4 is 10.9 Å². The topological polar surface area (TPSA) is 81.8 Å². The van der Waals surface area contributed by atoms with Crippen LogP contribution in [0.5, 0.6) is 0 Å². The van der Waals surface area contributed by atoms with Gasteiger partial charge in [0.25, 0.3) is 5.56 Å². The van der Waals surface area contributed by atoms with Crippen LogP contribution in [0, 0.1) is 5.92 Å². The van der Waals surface area contributed by atoms with E-state index in [1.165, 1.54) is 27.3 Å². The van der Waals surface area contributed by atoms with E-state index in [-0.39, 0.29) is 35.4 Å². The van der Waals surface area contributed by atoms with Gasteiger partial charge in [0.1, 0.15) is 18.3 Å². The van der Waals surface area contributed by atoms with Gasteiger partial charge < -0.3 is 5.32 Å². The highest BCUT2D eigenvalue weighted by atomic mass is 16.2. The van der Waals surface area contributed by atoms with Gasteiger partial charge in [-0.05, 0) is 22.5 Å². The van der Waals surface area contributed by atoms with Crippen molar-refractivity contribution in [2.24, 2.45) is 13.0 Å². The van der Waals surface area contributed by atoms with E-state index in [9.17, 15) is 9.59 Å². The quantitative estimate of drug-likeness (QED) is 0.720. The highest BCUT2D eigenvalue weighted by molar-refractivity contribution is 5.77. The van der Waals surface area contributed by atoms with Gasteiger partial charge in [0.2, 0.25) is 5.91 Å². The number of rotatable bonds is 5. The van der Waals surface area contributed by atoms with Crippen LogP contribution in [-0.4, -0.2) is 25.2 Å². The summed E-state index contributed by atoms with van der Waals surface area (Å²) in [6.45, 7) is 10.6. The normalized spacial score (nSPS) is 13.1. The molecule has 1 unspecified atom stereocenters. The van der Waals surface area contributed by atoms with E-state index >= 15 is 0 Å². The first-order valence-corrected chi connectivity index (χ1v) is 9.85. The molecule has 7 nitrogen and oxygen atoms in total. The Kier molecular flexibility index (Phi) is 5.59. The summed E-state index contributed by atoms with van der Waals surface area (Å²) in [7, 11) is 1.73. The molecule has 0 saturated heterocycles. The Morgan fingerprint density at radius 2 is 1.83 bits per heavy atom. The van der Waals surface area contributed by atoms with Crippen molar-refractivity contribution in [3.8, 4) is 0 Å². The molecule has 0 spiro atoms. The number of benzene rings is 1. The van der Waals surface area contributed by atoms with Crippen LogP contribution in [-0.2, 0) is 23.8 Å². The number of fused-ring (bicyclic) bond motifs is 1. The number of nitrogens with zero attached hydrogens (tertiary/aromatic N) is 4. The van der Waals surface area contributed by atoms with E-state index in [4.69, 9.17) is 0 Å². The number of hydrogen-bond acceptors (Lipinski definition) is 4. The summed E-state index contributed by atoms with van der Waals surface area (Å²) in [6.07, 6.45) is 2.88. The minimum atomic E-state index is -0.270. The number of hydrogen-bond donors (Lipinski definition) is 1. The Morgan fingerprint density at radius 1 is 1.17 bits per heavy atom. The van der Waals surface area contributed by atoms with Crippen molar-refractivity contribution in [2.75, 3.05) is 0 Å². The van der Waals surface area contributed by atoms with Gasteiger partial charge in [0, 0.05) is 7.05 Å². The molecule has 1 N–H and O–H groups in total. The average molecular weight is 396 g/mol. The molecule has 0 bridgehead atoms. The summed E-state index contributed by atoms with van der Waals surface area (Å²) in [5.41, 5.74) is 2.61. The molecule has 0 aliphatic heterocycles. The number of aryl methyl sites for hydroxylation is 1. The molecule has 3 aromatic rings. The first-order chi connectivity index (χ1) is 13.6. The fraction of sp³-hybridized carbons (Fsp3) is 0.455. The van der Waals surface area contributed by atoms with Crippen LogP contribution in [0.1, 0.15) is 51.8 Å². The molecule has 0 fully saturated rings. The van der Waals surface area contributed by atoms with Crippen molar-refractivity contribution in [3.63, 3.8) is 0 Å². The van der Waals surface area contributed by atoms with E-state index in [1.54, 1.807) is 7.05 Å². The van der Waals surface area contributed by atoms with Crippen molar-refractivity contribution >= 4 is 16.9 Å². The third kappa shape index (κ3) is 4.39. The largest absolute Gasteiger partial charge is 0.347 e. The van der Waals surface area contributed by atoms with Crippen LogP contribution in [0.2, 0.25) is 0 Å². The number of carbonyl (C=O) groups excluding carboxylic acids is 1. The Labute approximate surface area is 170 Å². The Morgan fingerprint density at radius 3 is 2.41 bits per heavy atom. The first kappa shape index (κ1) is 20.8. The van der Waals surface area contributed by atoms with Crippen molar-refractivity contribution in [1.82, 2.24) is 24.6 Å². The second-order valence-corrected chi connectivity index (χ2v) is 8.84. The standard InChI is InChI=1S/C22H29N5O2/c1-14(2)19(15-7-9-16(10-8-15)22(3,4)5)25-18(28)12-27-13-23-20-17(21(27)29)11-24-26(20)6/h7-11,13-14,19H,12H2,1-6H3,(H,25,28). The lowest BCUT2D eigenvalue weighted by Gasteiger charge is -2.25. The van der Waals surface area contributed by atoms with Crippen LogP contribution in [0.15, 0.2) is 41.6 Å². The summed E-state index contributed by atoms with van der Waals surface area (Å²) >= 11 is 0. The van der Waals surface area contributed by atoms with E-state index in [0.717, 1.165) is 5.56 Å². The van der Waals surface area contributed by atoms with Gasteiger partial charge in [-0.2, -0.15) is 5.10 Å². The number of aromatic nitrogens is 4. The van der Waals surface area contributed by atoms with Gasteiger partial charge >= 0.3 is 0 Å². The number of nitrogens with one attached hydrogen (secondary N) is 1. The highest BCUT2D eigenvalue weighted by Crippen LogP contribution is 2.26. The molecule has 154 valence electrons. The molecule has 2 heterocycles. The lowest BCUT2D eigenvalue weighted by atomic mass is 9.85. The predicted molar refractivity (Wildman–Crippen MR) is 114 cm³/mol. The van der Waals surface area contributed by atoms with E-state index in [1.807, 2.05) is 0 Å². The van der Waals surface area contributed by atoms with Gasteiger partial charge in [-0.1, -0.05) is 58.9 Å². The SMILES string of the molecule is CC(C)C(NC(=O)Cn1cnc2c(cnn2C)c1=O)c1ccc(C(C)(C)C)cc1. The van der Waals surface area contributed by atoms with Crippen LogP contribution in [0.25, 0.3) is 11.0 Å². The summed E-state index contributed by atoms with van der Waals surface area (Å²) in [4.78, 5) is 29.5. The molecular weight excluding hydrogens is 366 g/mol. The molecule has 2 aromatic heterocycles. The number of amides is 1. The van der Waals surface area contributed by atoms with Gasteiger partial charge in [-0.25, -0.2) is 4.98 Å². The maximum atomic E-state index is 12.7. The molecule has 29 heavy (non-hydrogen) atoms. The van der Waals surface area contributed by atoms with Crippen LogP contribution in [0.4, 0.5) is 0 Å². The second-order valence-electron chi connectivity index (χ2n) is 8.84. The zero-order valence-corrected chi connectivity index (χ0v) is 17.9. The Hall–Kier alpha value is -2.96. The van der Waals surface area contributed by atoms with Crippen molar-refractivity contribution in [2.45, 2.75) is 52.6 Å². The monoisotopic (exact) mass is 395 g/mol. The first-order valence-electron chi connectivity index (χ1n) is 9.85. The molecule has 7 heteroatoms. The minimum Gasteiger partial charge on any atom is -0.347 e. The Balaban J connectivity index is 1.78. The van der Waals surface area contributed by atoms with E-state index in [2.05, 4.69) is 74.3 Å². The lowest BCUT2D eigenvalue weighted by molar-refractivity contribution is -0.122. The molecule has 1 aromatic carbocycles. The summed E-state index contributed by atoms with van der Waals surface area (Å²) in [5, 5.41) is 7.53. The van der Waals surface area contributed by atoms with E-state index in [0.29, 0.717) is 11.0 Å². The van der Waals surface area contributed by atoms with Gasteiger partial charge in [-0.3, -0.25) is 18.8 Å². The molecule has 0 radical (unpaired) electrons. The number of carbonyl (C=O) groups is 1. The predicted octanol–water partition coefficient (Wildman–Crippen LogP) is 2.94. The van der Waals surface area contributed by atoms with Gasteiger partial charge in [-0.15, -0.1) is 0 Å². The summed E-state index contributed by atoms with van der Waals surface area (Å²) in [6, 6.07) is 8.23. The van der Waals surface area contributed by atoms with Crippen molar-refractivity contribution < 1.29 is 4.79 Å². The zero-order valence-electron chi connectivity index (χ0n) is 17.9. The smallest absolute Gasteiger partial charge is 0.264 e. The van der Waals surface area contributed by atoms with Gasteiger partial charge in [0.05, 0.1) is 12.2 Å². The van der Waals surface area contributed by atoms with Crippen molar-refractivity contribution in [1.29, 1.82) is 0 Å². The molecular formula is C22H29N5O2. The second kappa shape index (κ2) is 7.81. The highest BCUT2D eigenvalue weighted by Gasteiger charge is 2.21. The molecule has 0 saturated carbocycles. The summed E-state index contributed by atoms with van der Waals surface area (Å²) in [5.74, 6) is -0.0224. The summed E-state index contributed by atoms with van der Waals surface area (Å²) < 4.78 is 2.86. The molecule has 1 atom stereocenters. The van der Waals surface area contributed by atoms with Crippen LogP contribution in [0.3, 0.4) is 0 Å². The third-order valence-electron chi connectivity index (χ3n) is 5.15. The lowest BCUT2D eigenvalue weighted by Crippen LogP contribution is -2.36. The molecule has 0 aliphatic rings. The van der Waals surface area contributed by atoms with Crippen LogP contribution >= 0.6 is 0 Å². The molecule has 3 rings (SSSR count). The minimum absolute atomic E-state index is 0.0776. The maximum absolute atomic E-state index is 12.7. The van der Waals surface area contributed by atoms with Gasteiger partial charge in [0.15, 0.2) is 5.65 Å². The molecule has 0 aliphatic carbocycles. The average Bonchev–Trinajstić information content (AvgIpc) is 3.03.